The summed E-state index contributed by atoms with van der Waals surface area (Å²) in [4.78, 5) is 9.89. The van der Waals surface area contributed by atoms with Crippen molar-refractivity contribution in [1.29, 1.82) is 0 Å². The Bertz CT molecular complexity index is 350. The highest BCUT2D eigenvalue weighted by atomic mass is 16.6. The summed E-state index contributed by atoms with van der Waals surface area (Å²) in [5.41, 5.74) is 0. The molecule has 0 amide bonds. The number of ether oxygens (including phenoxy) is 8. The van der Waals surface area contributed by atoms with E-state index in [1.807, 2.05) is 0 Å². The molecule has 10 heteroatoms. The maximum absolute atomic E-state index is 9.89. The molecule has 0 aliphatic carbocycles. The number of hydrogen-bond donors (Lipinski definition) is 1. The van der Waals surface area contributed by atoms with Crippen molar-refractivity contribution in [2.24, 2.45) is 0 Å². The number of hydrogen-bond acceptors (Lipinski definition) is 10. The van der Waals surface area contributed by atoms with Crippen molar-refractivity contribution in [3.63, 3.8) is 0 Å². The zero-order valence-corrected chi connectivity index (χ0v) is 17.2. The predicted octanol–water partition coefficient (Wildman–Crippen LogP) is -0.501. The molecule has 0 fully saturated rings. The molecule has 0 aliphatic rings. The minimum Gasteiger partial charge on any atom is -0.394 e. The molecule has 0 unspecified atom stereocenters. The molecule has 0 aromatic rings. The molecule has 0 radical (unpaired) electrons. The van der Waals surface area contributed by atoms with Crippen LogP contribution < -0.4 is 0 Å². The highest BCUT2D eigenvalue weighted by Crippen LogP contribution is 1.85. The van der Waals surface area contributed by atoms with Crippen molar-refractivity contribution >= 4 is 5.94 Å². The first kappa shape index (κ1) is 28.1. The second-order valence-corrected chi connectivity index (χ2v) is 5.41. The molecule has 10 nitrogen and oxygen atoms in total. The maximum Gasteiger partial charge on any atom is 0.122 e. The van der Waals surface area contributed by atoms with E-state index in [1.165, 1.54) is 6.08 Å². The minimum absolute atomic E-state index is 0.0264. The van der Waals surface area contributed by atoms with Gasteiger partial charge in [0.1, 0.15) is 5.94 Å². The Hall–Kier alpha value is -0.910. The van der Waals surface area contributed by atoms with Crippen LogP contribution in [0.4, 0.5) is 0 Å². The van der Waals surface area contributed by atoms with Crippen molar-refractivity contribution in [3.8, 4) is 0 Å². The van der Waals surface area contributed by atoms with Crippen LogP contribution in [0.2, 0.25) is 0 Å². The third-order valence-electron chi connectivity index (χ3n) is 3.12. The van der Waals surface area contributed by atoms with Gasteiger partial charge in [-0.3, -0.25) is 0 Å². The first-order valence-electron chi connectivity index (χ1n) is 9.84. The summed E-state index contributed by atoms with van der Waals surface area (Å²) in [6.45, 7) is 7.48. The van der Waals surface area contributed by atoms with E-state index >= 15 is 0 Å². The van der Waals surface area contributed by atoms with Crippen LogP contribution in [-0.4, -0.2) is 123 Å². The van der Waals surface area contributed by atoms with Crippen LogP contribution in [0.15, 0.2) is 6.08 Å². The second-order valence-electron chi connectivity index (χ2n) is 5.41. The number of aliphatic hydroxyl groups excluding tert-OH is 1. The molecule has 0 aliphatic heterocycles. The lowest BCUT2D eigenvalue weighted by atomic mass is 10.6. The van der Waals surface area contributed by atoms with E-state index < -0.39 is 0 Å². The molecule has 0 aromatic carbocycles. The fourth-order valence-electron chi connectivity index (χ4n) is 1.78. The topological polar surface area (TPSA) is 111 Å². The SMILES string of the molecule is O=C=CCOCCOCCOCCOCCOCCOCCOCCOCCO. The van der Waals surface area contributed by atoms with Crippen molar-refractivity contribution in [2.45, 2.75) is 0 Å². The van der Waals surface area contributed by atoms with Crippen molar-refractivity contribution < 1.29 is 47.8 Å². The van der Waals surface area contributed by atoms with Gasteiger partial charge in [-0.1, -0.05) is 0 Å². The van der Waals surface area contributed by atoms with Crippen molar-refractivity contribution in [3.05, 3.63) is 6.08 Å². The lowest BCUT2D eigenvalue weighted by molar-refractivity contribution is -0.0233. The Morgan fingerprint density at radius 2 is 0.759 bits per heavy atom. The van der Waals surface area contributed by atoms with E-state index in [4.69, 9.17) is 43.0 Å². The Balaban J connectivity index is 2.99. The summed E-state index contributed by atoms with van der Waals surface area (Å²) in [6, 6.07) is 0. The molecule has 0 heterocycles. The fourth-order valence-corrected chi connectivity index (χ4v) is 1.78. The van der Waals surface area contributed by atoms with Gasteiger partial charge in [0.15, 0.2) is 0 Å². The molecule has 0 atom stereocenters. The minimum atomic E-state index is 0.0264. The van der Waals surface area contributed by atoms with E-state index in [-0.39, 0.29) is 13.2 Å². The summed E-state index contributed by atoms with van der Waals surface area (Å²) in [6.07, 6.45) is 1.28. The highest BCUT2D eigenvalue weighted by Gasteiger charge is 1.94. The van der Waals surface area contributed by atoms with Gasteiger partial charge in [0, 0.05) is 6.08 Å². The fraction of sp³-hybridized carbons (Fsp3) is 0.895. The molecule has 172 valence electrons. The van der Waals surface area contributed by atoms with Crippen LogP contribution in [0.25, 0.3) is 0 Å². The number of rotatable bonds is 25. The summed E-state index contributed by atoms with van der Waals surface area (Å²) in [5, 5.41) is 8.52. The van der Waals surface area contributed by atoms with Crippen LogP contribution in [-0.2, 0) is 42.7 Å². The third-order valence-corrected chi connectivity index (χ3v) is 3.12. The average molecular weight is 424 g/mol. The molecular formula is C19H36O10. The molecule has 0 bridgehead atoms. The van der Waals surface area contributed by atoms with Gasteiger partial charge in [-0.05, 0) is 0 Å². The maximum atomic E-state index is 9.89. The standard InChI is InChI=1S/C19H36O10/c20-2-1-4-22-6-8-24-10-12-26-14-16-28-18-19-29-17-15-27-13-11-25-9-7-23-5-3-21/h1,21H,3-19H2. The molecule has 0 saturated carbocycles. The van der Waals surface area contributed by atoms with Gasteiger partial charge in [0.25, 0.3) is 0 Å². The predicted molar refractivity (Wildman–Crippen MR) is 104 cm³/mol. The van der Waals surface area contributed by atoms with Crippen LogP contribution in [0.5, 0.6) is 0 Å². The summed E-state index contributed by atoms with van der Waals surface area (Å²) in [5.74, 6) is 1.64. The van der Waals surface area contributed by atoms with E-state index in [9.17, 15) is 4.79 Å². The smallest absolute Gasteiger partial charge is 0.122 e. The van der Waals surface area contributed by atoms with Gasteiger partial charge in [0.2, 0.25) is 0 Å². The summed E-state index contributed by atoms with van der Waals surface area (Å²) >= 11 is 0. The van der Waals surface area contributed by atoms with Crippen molar-refractivity contribution in [1.82, 2.24) is 0 Å². The van der Waals surface area contributed by atoms with Gasteiger partial charge < -0.3 is 43.0 Å². The Morgan fingerprint density at radius 3 is 1.03 bits per heavy atom. The van der Waals surface area contributed by atoms with Crippen LogP contribution in [0.1, 0.15) is 0 Å². The zero-order chi connectivity index (χ0) is 21.1. The molecule has 1 N–H and O–H groups in total. The third kappa shape index (κ3) is 27.1. The zero-order valence-electron chi connectivity index (χ0n) is 17.2. The first-order valence-corrected chi connectivity index (χ1v) is 9.84. The molecular weight excluding hydrogens is 388 g/mol. The van der Waals surface area contributed by atoms with Crippen LogP contribution in [0, 0.1) is 0 Å². The quantitative estimate of drug-likeness (QED) is 0.152. The molecule has 0 aromatic heterocycles. The van der Waals surface area contributed by atoms with Crippen LogP contribution >= 0.6 is 0 Å². The summed E-state index contributed by atoms with van der Waals surface area (Å²) in [7, 11) is 0. The van der Waals surface area contributed by atoms with Crippen molar-refractivity contribution in [2.75, 3.05) is 112 Å². The second kappa shape index (κ2) is 27.1. The van der Waals surface area contributed by atoms with Gasteiger partial charge >= 0.3 is 0 Å². The number of aliphatic hydroxyl groups is 1. The first-order chi connectivity index (χ1) is 14.4. The van der Waals surface area contributed by atoms with Gasteiger partial charge in [-0.15, -0.1) is 0 Å². The van der Waals surface area contributed by atoms with Gasteiger partial charge in [-0.25, -0.2) is 4.79 Å². The van der Waals surface area contributed by atoms with E-state index in [1.54, 1.807) is 5.94 Å². The average Bonchev–Trinajstić information content (AvgIpc) is 2.74. The molecule has 29 heavy (non-hydrogen) atoms. The monoisotopic (exact) mass is 424 g/mol. The van der Waals surface area contributed by atoms with E-state index in [0.29, 0.717) is 99.1 Å². The lowest BCUT2D eigenvalue weighted by Crippen LogP contribution is -2.15. The molecule has 0 spiro atoms. The Morgan fingerprint density at radius 1 is 0.483 bits per heavy atom. The highest BCUT2D eigenvalue weighted by molar-refractivity contribution is 5.44. The molecule has 0 saturated heterocycles. The van der Waals surface area contributed by atoms with E-state index in [2.05, 4.69) is 0 Å². The normalized spacial score (nSPS) is 10.9. The van der Waals surface area contributed by atoms with Crippen LogP contribution in [0.3, 0.4) is 0 Å². The van der Waals surface area contributed by atoms with Gasteiger partial charge in [-0.2, -0.15) is 0 Å². The summed E-state index contributed by atoms with van der Waals surface area (Å²) < 4.78 is 42.2. The Kier molecular flexibility index (Phi) is 26.2. The number of carbonyl (C=O) groups excluding carboxylic acids is 1. The Labute approximate surface area is 172 Å². The lowest BCUT2D eigenvalue weighted by Gasteiger charge is -2.08. The van der Waals surface area contributed by atoms with E-state index in [0.717, 1.165) is 0 Å². The largest absolute Gasteiger partial charge is 0.394 e. The molecule has 0 rings (SSSR count). The van der Waals surface area contributed by atoms with Gasteiger partial charge in [0.05, 0.1) is 112 Å².